The average Bonchev–Trinajstić information content (AvgIpc) is 3.17. The van der Waals surface area contributed by atoms with Crippen LogP contribution in [0.5, 0.6) is 0 Å². The molecule has 8 heteroatoms. The molecule has 0 saturated carbocycles. The molecule has 1 saturated heterocycles. The van der Waals surface area contributed by atoms with Gasteiger partial charge >= 0.3 is 5.97 Å². The Morgan fingerprint density at radius 1 is 1.59 bits per heavy atom. The fourth-order valence-corrected chi connectivity index (χ4v) is 3.28. The van der Waals surface area contributed by atoms with E-state index in [1.807, 2.05) is 24.4 Å². The van der Waals surface area contributed by atoms with Gasteiger partial charge in [0.05, 0.1) is 16.8 Å². The number of aliphatic carboxylic acids is 1. The molecule has 1 N–H and O–H groups in total. The fraction of sp³-hybridized carbons (Fsp3) is 0.500. The zero-order valence-corrected chi connectivity index (χ0v) is 13.8. The molecule has 0 aromatic carbocycles. The number of carbonyl (C=O) groups is 1. The van der Waals surface area contributed by atoms with E-state index < -0.39 is 5.97 Å². The van der Waals surface area contributed by atoms with Gasteiger partial charge in [-0.2, -0.15) is 4.98 Å². The number of likely N-dealkylation sites (tertiary alicyclic amines) is 1. The van der Waals surface area contributed by atoms with E-state index >= 15 is 0 Å². The largest absolute Gasteiger partial charge is 0.481 e. The summed E-state index contributed by atoms with van der Waals surface area (Å²) in [6.07, 6.45) is 1.62. The summed E-state index contributed by atoms with van der Waals surface area (Å²) in [5, 5.41) is 15.1. The maximum Gasteiger partial charge on any atom is 0.307 e. The van der Waals surface area contributed by atoms with Gasteiger partial charge in [0.1, 0.15) is 0 Å². The van der Waals surface area contributed by atoms with Gasteiger partial charge < -0.3 is 9.63 Å². The van der Waals surface area contributed by atoms with Gasteiger partial charge in [0, 0.05) is 6.54 Å². The van der Waals surface area contributed by atoms with Crippen molar-refractivity contribution in [2.24, 2.45) is 5.92 Å². The van der Waals surface area contributed by atoms with Crippen molar-refractivity contribution in [3.8, 4) is 10.7 Å². The molecule has 2 atom stereocenters. The molecule has 22 heavy (non-hydrogen) atoms. The lowest BCUT2D eigenvalue weighted by Crippen LogP contribution is -2.40. The first kappa shape index (κ1) is 16.9. The van der Waals surface area contributed by atoms with Gasteiger partial charge in [-0.1, -0.05) is 11.2 Å². The molecule has 0 bridgehead atoms. The predicted molar refractivity (Wildman–Crippen MR) is 85.2 cm³/mol. The SMILES string of the molecule is CC(c1nc(-c2cccs2)no1)N1CCCC(C(=O)O)C1.Cl. The third kappa shape index (κ3) is 3.48. The maximum atomic E-state index is 11.1. The fourth-order valence-electron chi connectivity index (χ4n) is 2.63. The van der Waals surface area contributed by atoms with Crippen molar-refractivity contribution in [3.63, 3.8) is 0 Å². The molecule has 6 nitrogen and oxygen atoms in total. The van der Waals surface area contributed by atoms with Crippen LogP contribution in [-0.2, 0) is 4.79 Å². The van der Waals surface area contributed by atoms with Crippen LogP contribution in [0.15, 0.2) is 22.0 Å². The van der Waals surface area contributed by atoms with Crippen LogP contribution in [0.3, 0.4) is 0 Å². The summed E-state index contributed by atoms with van der Waals surface area (Å²) in [4.78, 5) is 18.7. The second-order valence-electron chi connectivity index (χ2n) is 5.28. The molecule has 0 radical (unpaired) electrons. The standard InChI is InChI=1S/C14H17N3O3S.ClH/c1-9(17-6-2-4-10(8-17)14(18)19)13-15-12(16-20-13)11-5-3-7-21-11;/h3,5,7,9-10H,2,4,6,8H2,1H3,(H,18,19);1H. The van der Waals surface area contributed by atoms with Crippen molar-refractivity contribution >= 4 is 29.7 Å². The molecule has 2 unspecified atom stereocenters. The summed E-state index contributed by atoms with van der Waals surface area (Å²) >= 11 is 1.56. The smallest absolute Gasteiger partial charge is 0.307 e. The van der Waals surface area contributed by atoms with Crippen molar-refractivity contribution in [2.45, 2.75) is 25.8 Å². The van der Waals surface area contributed by atoms with Crippen molar-refractivity contribution < 1.29 is 14.4 Å². The van der Waals surface area contributed by atoms with Crippen LogP contribution in [0, 0.1) is 5.92 Å². The number of hydrogen-bond acceptors (Lipinski definition) is 6. The Hall–Kier alpha value is -1.44. The predicted octanol–water partition coefficient (Wildman–Crippen LogP) is 3.08. The molecule has 0 aliphatic carbocycles. The van der Waals surface area contributed by atoms with E-state index in [1.54, 1.807) is 11.3 Å². The van der Waals surface area contributed by atoms with Gasteiger partial charge in [0.25, 0.3) is 0 Å². The van der Waals surface area contributed by atoms with Gasteiger partial charge in [-0.3, -0.25) is 9.69 Å². The van der Waals surface area contributed by atoms with Crippen LogP contribution in [0.1, 0.15) is 31.7 Å². The number of carboxylic acids is 1. The van der Waals surface area contributed by atoms with Crippen LogP contribution < -0.4 is 0 Å². The minimum absolute atomic E-state index is 0. The number of rotatable bonds is 4. The zero-order valence-electron chi connectivity index (χ0n) is 12.1. The molecule has 2 aromatic heterocycles. The lowest BCUT2D eigenvalue weighted by molar-refractivity contribution is -0.144. The van der Waals surface area contributed by atoms with Crippen molar-refractivity contribution in [1.29, 1.82) is 0 Å². The number of hydrogen-bond donors (Lipinski definition) is 1. The number of halogens is 1. The van der Waals surface area contributed by atoms with E-state index in [0.29, 0.717) is 18.3 Å². The second-order valence-corrected chi connectivity index (χ2v) is 6.23. The molecule has 120 valence electrons. The van der Waals surface area contributed by atoms with Gasteiger partial charge in [0.2, 0.25) is 11.7 Å². The molecular formula is C14H18ClN3O3S. The minimum Gasteiger partial charge on any atom is -0.481 e. The number of aromatic nitrogens is 2. The zero-order chi connectivity index (χ0) is 14.8. The Kier molecular flexibility index (Phi) is 5.55. The first-order valence-corrected chi connectivity index (χ1v) is 7.87. The molecule has 1 aliphatic rings. The Bertz CT molecular complexity index is 617. The van der Waals surface area contributed by atoms with Crippen LogP contribution in [0.25, 0.3) is 10.7 Å². The maximum absolute atomic E-state index is 11.1. The van der Waals surface area contributed by atoms with Crippen LogP contribution >= 0.6 is 23.7 Å². The highest BCUT2D eigenvalue weighted by molar-refractivity contribution is 7.13. The Morgan fingerprint density at radius 3 is 3.09 bits per heavy atom. The van der Waals surface area contributed by atoms with E-state index in [4.69, 9.17) is 9.63 Å². The van der Waals surface area contributed by atoms with Gasteiger partial charge in [0.15, 0.2) is 0 Å². The number of nitrogens with zero attached hydrogens (tertiary/aromatic N) is 3. The third-order valence-corrected chi connectivity index (χ3v) is 4.76. The van der Waals surface area contributed by atoms with Crippen molar-refractivity contribution in [3.05, 3.63) is 23.4 Å². The van der Waals surface area contributed by atoms with E-state index in [-0.39, 0.29) is 24.4 Å². The van der Waals surface area contributed by atoms with E-state index in [1.165, 1.54) is 0 Å². The number of carboxylic acid groups (broad SMARTS) is 1. The third-order valence-electron chi connectivity index (χ3n) is 3.89. The molecule has 1 aliphatic heterocycles. The Morgan fingerprint density at radius 2 is 2.41 bits per heavy atom. The summed E-state index contributed by atoms with van der Waals surface area (Å²) in [7, 11) is 0. The highest BCUT2D eigenvalue weighted by atomic mass is 35.5. The summed E-state index contributed by atoms with van der Waals surface area (Å²) in [6.45, 7) is 3.38. The number of piperidine rings is 1. The van der Waals surface area contributed by atoms with E-state index in [0.717, 1.165) is 24.3 Å². The minimum atomic E-state index is -0.725. The highest BCUT2D eigenvalue weighted by Crippen LogP contribution is 2.28. The molecule has 3 heterocycles. The van der Waals surface area contributed by atoms with E-state index in [9.17, 15) is 4.79 Å². The summed E-state index contributed by atoms with van der Waals surface area (Å²) in [5.74, 6) is 0.112. The molecule has 3 rings (SSSR count). The molecule has 2 aromatic rings. The summed E-state index contributed by atoms with van der Waals surface area (Å²) in [6, 6.07) is 3.83. The summed E-state index contributed by atoms with van der Waals surface area (Å²) in [5.41, 5.74) is 0. The monoisotopic (exact) mass is 343 g/mol. The summed E-state index contributed by atoms with van der Waals surface area (Å²) < 4.78 is 5.36. The first-order valence-electron chi connectivity index (χ1n) is 6.99. The highest BCUT2D eigenvalue weighted by Gasteiger charge is 2.30. The molecule has 0 amide bonds. The number of thiophene rings is 1. The molecule has 0 spiro atoms. The Balaban J connectivity index is 0.00000176. The lowest BCUT2D eigenvalue weighted by Gasteiger charge is -2.33. The Labute approximate surface area is 138 Å². The van der Waals surface area contributed by atoms with Crippen molar-refractivity contribution in [2.75, 3.05) is 13.1 Å². The first-order chi connectivity index (χ1) is 10.1. The quantitative estimate of drug-likeness (QED) is 0.919. The average molecular weight is 344 g/mol. The topological polar surface area (TPSA) is 79.5 Å². The van der Waals surface area contributed by atoms with Crippen LogP contribution in [0.4, 0.5) is 0 Å². The molecular weight excluding hydrogens is 326 g/mol. The molecule has 1 fully saturated rings. The van der Waals surface area contributed by atoms with Crippen LogP contribution in [-0.4, -0.2) is 39.2 Å². The normalized spacial score (nSPS) is 20.3. The van der Waals surface area contributed by atoms with Gasteiger partial charge in [-0.05, 0) is 37.8 Å². The van der Waals surface area contributed by atoms with Gasteiger partial charge in [-0.25, -0.2) is 0 Å². The van der Waals surface area contributed by atoms with E-state index in [2.05, 4.69) is 15.0 Å². The van der Waals surface area contributed by atoms with Crippen molar-refractivity contribution in [1.82, 2.24) is 15.0 Å². The second kappa shape index (κ2) is 7.21. The van der Waals surface area contributed by atoms with Gasteiger partial charge in [-0.15, -0.1) is 23.7 Å². The van der Waals surface area contributed by atoms with Crippen LogP contribution in [0.2, 0.25) is 0 Å². The lowest BCUT2D eigenvalue weighted by atomic mass is 9.97.